The minimum Gasteiger partial charge on any atom is -0.382 e. The Kier molecular flexibility index (Phi) is 3.05. The number of non-ortho nitro benzene ring substituents is 1. The van der Waals surface area contributed by atoms with Crippen molar-refractivity contribution in [1.82, 2.24) is 0 Å². The van der Waals surface area contributed by atoms with Gasteiger partial charge in [0.1, 0.15) is 0 Å². The molecule has 0 amide bonds. The predicted molar refractivity (Wildman–Crippen MR) is 62.3 cm³/mol. The topological polar surface area (TPSA) is 81.2 Å². The summed E-state index contributed by atoms with van der Waals surface area (Å²) in [5, 5.41) is 13.9. The average Bonchev–Trinajstić information content (AvgIpc) is 2.64. The van der Waals surface area contributed by atoms with E-state index >= 15 is 0 Å². The van der Waals surface area contributed by atoms with Crippen LogP contribution in [-0.4, -0.2) is 17.0 Å². The molecule has 5 nitrogen and oxygen atoms in total. The summed E-state index contributed by atoms with van der Waals surface area (Å²) in [7, 11) is 0. The SMILES string of the molecule is NC1CCC(Nc2cccc([N+](=O)[O-])c2)C1. The van der Waals surface area contributed by atoms with Crippen LogP contribution in [-0.2, 0) is 0 Å². The highest BCUT2D eigenvalue weighted by atomic mass is 16.6. The Morgan fingerprint density at radius 3 is 2.88 bits per heavy atom. The lowest BCUT2D eigenvalue weighted by Gasteiger charge is -2.13. The molecule has 5 heteroatoms. The second-order valence-corrected chi connectivity index (χ2v) is 4.22. The second-order valence-electron chi connectivity index (χ2n) is 4.22. The summed E-state index contributed by atoms with van der Waals surface area (Å²) in [5.41, 5.74) is 6.73. The van der Waals surface area contributed by atoms with Gasteiger partial charge >= 0.3 is 0 Å². The summed E-state index contributed by atoms with van der Waals surface area (Å²) in [4.78, 5) is 10.2. The standard InChI is InChI=1S/C11H15N3O2/c12-8-4-5-10(6-8)13-9-2-1-3-11(7-9)14(15)16/h1-3,7-8,10,13H,4-6,12H2. The van der Waals surface area contributed by atoms with Gasteiger partial charge in [-0.05, 0) is 25.3 Å². The summed E-state index contributed by atoms with van der Waals surface area (Å²) >= 11 is 0. The van der Waals surface area contributed by atoms with E-state index < -0.39 is 0 Å². The summed E-state index contributed by atoms with van der Waals surface area (Å²) in [6, 6.07) is 7.19. The van der Waals surface area contributed by atoms with Crippen molar-refractivity contribution in [2.45, 2.75) is 31.3 Å². The molecule has 1 aromatic rings. The molecule has 0 heterocycles. The van der Waals surface area contributed by atoms with Gasteiger partial charge in [-0.15, -0.1) is 0 Å². The van der Waals surface area contributed by atoms with E-state index in [-0.39, 0.29) is 16.7 Å². The van der Waals surface area contributed by atoms with Crippen LogP contribution in [0.5, 0.6) is 0 Å². The molecule has 1 aliphatic carbocycles. The zero-order valence-electron chi connectivity index (χ0n) is 8.93. The summed E-state index contributed by atoms with van der Waals surface area (Å²) < 4.78 is 0. The number of nitro groups is 1. The minimum atomic E-state index is -0.383. The monoisotopic (exact) mass is 221 g/mol. The highest BCUT2D eigenvalue weighted by Gasteiger charge is 2.21. The average molecular weight is 221 g/mol. The van der Waals surface area contributed by atoms with E-state index in [1.54, 1.807) is 12.1 Å². The Morgan fingerprint density at radius 2 is 2.25 bits per heavy atom. The van der Waals surface area contributed by atoms with Gasteiger partial charge in [0.25, 0.3) is 5.69 Å². The molecule has 1 aliphatic rings. The molecule has 0 aromatic heterocycles. The Labute approximate surface area is 93.8 Å². The van der Waals surface area contributed by atoms with Crippen molar-refractivity contribution in [1.29, 1.82) is 0 Å². The molecule has 0 spiro atoms. The Morgan fingerprint density at radius 1 is 1.44 bits per heavy atom. The van der Waals surface area contributed by atoms with Gasteiger partial charge in [-0.3, -0.25) is 10.1 Å². The fraction of sp³-hybridized carbons (Fsp3) is 0.455. The first-order valence-electron chi connectivity index (χ1n) is 5.42. The third kappa shape index (κ3) is 2.49. The number of rotatable bonds is 3. The molecule has 0 bridgehead atoms. The minimum absolute atomic E-state index is 0.118. The Bertz CT molecular complexity index is 395. The van der Waals surface area contributed by atoms with E-state index in [2.05, 4.69) is 5.32 Å². The third-order valence-electron chi connectivity index (χ3n) is 2.90. The second kappa shape index (κ2) is 4.49. The van der Waals surface area contributed by atoms with E-state index in [0.717, 1.165) is 24.9 Å². The molecule has 0 aliphatic heterocycles. The lowest BCUT2D eigenvalue weighted by molar-refractivity contribution is -0.384. The molecule has 1 saturated carbocycles. The van der Waals surface area contributed by atoms with Gasteiger partial charge in [0.2, 0.25) is 0 Å². The fourth-order valence-corrected chi connectivity index (χ4v) is 2.09. The fourth-order valence-electron chi connectivity index (χ4n) is 2.09. The molecule has 0 radical (unpaired) electrons. The molecule has 3 N–H and O–H groups in total. The first-order valence-corrected chi connectivity index (χ1v) is 5.42. The van der Waals surface area contributed by atoms with Crippen molar-refractivity contribution in [2.24, 2.45) is 5.73 Å². The van der Waals surface area contributed by atoms with Gasteiger partial charge < -0.3 is 11.1 Å². The molecule has 2 atom stereocenters. The summed E-state index contributed by atoms with van der Waals surface area (Å²) in [6.07, 6.45) is 2.99. The van der Waals surface area contributed by atoms with Crippen molar-refractivity contribution in [3.05, 3.63) is 34.4 Å². The van der Waals surface area contributed by atoms with Crippen LogP contribution >= 0.6 is 0 Å². The molecule has 1 fully saturated rings. The van der Waals surface area contributed by atoms with Gasteiger partial charge in [-0.2, -0.15) is 0 Å². The summed E-state index contributed by atoms with van der Waals surface area (Å²) in [5.74, 6) is 0. The lowest BCUT2D eigenvalue weighted by Crippen LogP contribution is -2.20. The number of hydrogen-bond acceptors (Lipinski definition) is 4. The largest absolute Gasteiger partial charge is 0.382 e. The molecular weight excluding hydrogens is 206 g/mol. The molecule has 86 valence electrons. The number of nitrogens with zero attached hydrogens (tertiary/aromatic N) is 1. The Hall–Kier alpha value is -1.62. The number of nitrogens with two attached hydrogens (primary N) is 1. The summed E-state index contributed by atoms with van der Waals surface area (Å²) in [6.45, 7) is 0. The molecule has 2 rings (SSSR count). The van der Waals surface area contributed by atoms with Crippen LogP contribution in [0.1, 0.15) is 19.3 Å². The van der Waals surface area contributed by atoms with Crippen LogP contribution in [0, 0.1) is 10.1 Å². The number of nitrogens with one attached hydrogen (secondary N) is 1. The number of hydrogen-bond donors (Lipinski definition) is 2. The Balaban J connectivity index is 2.04. The van der Waals surface area contributed by atoms with Crippen LogP contribution < -0.4 is 11.1 Å². The van der Waals surface area contributed by atoms with E-state index in [1.165, 1.54) is 6.07 Å². The number of anilines is 1. The van der Waals surface area contributed by atoms with Gasteiger partial charge in [0, 0.05) is 29.9 Å². The maximum atomic E-state index is 10.6. The van der Waals surface area contributed by atoms with Crippen molar-refractivity contribution >= 4 is 11.4 Å². The van der Waals surface area contributed by atoms with Crippen LogP contribution in [0.4, 0.5) is 11.4 Å². The van der Waals surface area contributed by atoms with E-state index in [0.29, 0.717) is 6.04 Å². The molecule has 0 saturated heterocycles. The molecular formula is C11H15N3O2. The van der Waals surface area contributed by atoms with Crippen molar-refractivity contribution < 1.29 is 4.92 Å². The zero-order chi connectivity index (χ0) is 11.5. The number of nitro benzene ring substituents is 1. The van der Waals surface area contributed by atoms with Crippen LogP contribution in [0.15, 0.2) is 24.3 Å². The first kappa shape index (κ1) is 10.9. The number of benzene rings is 1. The van der Waals surface area contributed by atoms with Crippen LogP contribution in [0.3, 0.4) is 0 Å². The van der Waals surface area contributed by atoms with E-state index in [4.69, 9.17) is 5.73 Å². The van der Waals surface area contributed by atoms with Crippen molar-refractivity contribution in [2.75, 3.05) is 5.32 Å². The van der Waals surface area contributed by atoms with Gasteiger partial charge in [-0.25, -0.2) is 0 Å². The van der Waals surface area contributed by atoms with Gasteiger partial charge in [0.15, 0.2) is 0 Å². The van der Waals surface area contributed by atoms with E-state index in [9.17, 15) is 10.1 Å². The molecule has 2 unspecified atom stereocenters. The van der Waals surface area contributed by atoms with Gasteiger partial charge in [-0.1, -0.05) is 6.07 Å². The molecule has 1 aromatic carbocycles. The van der Waals surface area contributed by atoms with Crippen molar-refractivity contribution in [3.63, 3.8) is 0 Å². The first-order chi connectivity index (χ1) is 7.65. The van der Waals surface area contributed by atoms with E-state index in [1.807, 2.05) is 6.07 Å². The zero-order valence-corrected chi connectivity index (χ0v) is 8.93. The van der Waals surface area contributed by atoms with Crippen LogP contribution in [0.2, 0.25) is 0 Å². The van der Waals surface area contributed by atoms with Crippen LogP contribution in [0.25, 0.3) is 0 Å². The maximum absolute atomic E-state index is 10.6. The maximum Gasteiger partial charge on any atom is 0.271 e. The smallest absolute Gasteiger partial charge is 0.271 e. The normalized spacial score (nSPS) is 24.3. The highest BCUT2D eigenvalue weighted by molar-refractivity contribution is 5.51. The third-order valence-corrected chi connectivity index (χ3v) is 2.90. The van der Waals surface area contributed by atoms with Gasteiger partial charge in [0.05, 0.1) is 4.92 Å². The lowest BCUT2D eigenvalue weighted by atomic mass is 10.2. The van der Waals surface area contributed by atoms with Crippen molar-refractivity contribution in [3.8, 4) is 0 Å². The quantitative estimate of drug-likeness (QED) is 0.603. The highest BCUT2D eigenvalue weighted by Crippen LogP contribution is 2.23. The predicted octanol–water partition coefficient (Wildman–Crippen LogP) is 1.89. The molecule has 16 heavy (non-hydrogen) atoms.